The molecule has 5 heteroatoms. The summed E-state index contributed by atoms with van der Waals surface area (Å²) in [4.78, 5) is 0. The molecule has 0 spiro atoms. The molecular weight excluding hydrogens is 243 g/mol. The minimum atomic E-state index is -4.06. The van der Waals surface area contributed by atoms with Crippen LogP contribution in [0.4, 0.5) is 13.2 Å². The summed E-state index contributed by atoms with van der Waals surface area (Å²) in [5.41, 5.74) is 0.0562. The van der Waals surface area contributed by atoms with Crippen LogP contribution in [0.25, 0.3) is 0 Å². The first-order valence-electron chi connectivity index (χ1n) is 6.48. The van der Waals surface area contributed by atoms with Crippen LogP contribution in [0.1, 0.15) is 53.4 Å². The van der Waals surface area contributed by atoms with Gasteiger partial charge in [0.2, 0.25) is 0 Å². The summed E-state index contributed by atoms with van der Waals surface area (Å²) in [6.07, 6.45) is -3.96. The lowest BCUT2D eigenvalue weighted by atomic mass is 9.89. The fourth-order valence-electron chi connectivity index (χ4n) is 1.83. The van der Waals surface area contributed by atoms with Gasteiger partial charge in [-0.15, -0.1) is 0 Å². The van der Waals surface area contributed by atoms with E-state index in [2.05, 4.69) is 5.32 Å². The van der Waals surface area contributed by atoms with Crippen LogP contribution in [-0.4, -0.2) is 30.0 Å². The normalized spacial score (nSPS) is 16.7. The third kappa shape index (κ3) is 12.2. The Morgan fingerprint density at radius 1 is 1.17 bits per heavy atom. The van der Waals surface area contributed by atoms with E-state index in [1.54, 1.807) is 0 Å². The van der Waals surface area contributed by atoms with Gasteiger partial charge in [-0.05, 0) is 31.6 Å². The Hall–Kier alpha value is -0.290. The van der Waals surface area contributed by atoms with Crippen molar-refractivity contribution in [1.29, 1.82) is 0 Å². The summed E-state index contributed by atoms with van der Waals surface area (Å²) in [7, 11) is 0. The molecule has 0 bridgehead atoms. The number of rotatable bonds is 7. The highest BCUT2D eigenvalue weighted by Crippen LogP contribution is 2.23. The molecule has 2 unspecified atom stereocenters. The SMILES string of the molecule is CC(CCCC(F)(F)F)NCC(O)CC(C)(C)C. The number of halogens is 3. The van der Waals surface area contributed by atoms with E-state index >= 15 is 0 Å². The predicted octanol–water partition coefficient (Wildman–Crippen LogP) is 3.49. The van der Waals surface area contributed by atoms with Crippen molar-refractivity contribution >= 4 is 0 Å². The highest BCUT2D eigenvalue weighted by molar-refractivity contribution is 4.72. The fourth-order valence-corrected chi connectivity index (χ4v) is 1.83. The summed E-state index contributed by atoms with van der Waals surface area (Å²) < 4.78 is 35.8. The second-order valence-electron chi connectivity index (χ2n) is 6.24. The second-order valence-corrected chi connectivity index (χ2v) is 6.24. The van der Waals surface area contributed by atoms with Gasteiger partial charge >= 0.3 is 6.18 Å². The quantitative estimate of drug-likeness (QED) is 0.741. The number of alkyl halides is 3. The summed E-state index contributed by atoms with van der Waals surface area (Å²) in [6.45, 7) is 8.42. The third-order valence-corrected chi connectivity index (χ3v) is 2.65. The molecule has 0 aromatic heterocycles. The van der Waals surface area contributed by atoms with Gasteiger partial charge in [-0.2, -0.15) is 13.2 Å². The molecule has 2 N–H and O–H groups in total. The zero-order valence-electron chi connectivity index (χ0n) is 11.8. The predicted molar refractivity (Wildman–Crippen MR) is 67.4 cm³/mol. The smallest absolute Gasteiger partial charge is 0.389 e. The lowest BCUT2D eigenvalue weighted by molar-refractivity contribution is -0.135. The van der Waals surface area contributed by atoms with Crippen molar-refractivity contribution < 1.29 is 18.3 Å². The highest BCUT2D eigenvalue weighted by Gasteiger charge is 2.26. The maximum absolute atomic E-state index is 11.9. The van der Waals surface area contributed by atoms with Gasteiger partial charge in [-0.25, -0.2) is 0 Å². The first-order valence-corrected chi connectivity index (χ1v) is 6.48. The van der Waals surface area contributed by atoms with Crippen LogP contribution in [-0.2, 0) is 0 Å². The highest BCUT2D eigenvalue weighted by atomic mass is 19.4. The van der Waals surface area contributed by atoms with E-state index in [0.717, 1.165) is 0 Å². The van der Waals surface area contributed by atoms with Crippen molar-refractivity contribution in [2.24, 2.45) is 5.41 Å². The van der Waals surface area contributed by atoms with Gasteiger partial charge in [0.15, 0.2) is 0 Å². The van der Waals surface area contributed by atoms with Gasteiger partial charge in [0, 0.05) is 19.0 Å². The molecule has 18 heavy (non-hydrogen) atoms. The molecule has 0 saturated carbocycles. The van der Waals surface area contributed by atoms with Crippen molar-refractivity contribution in [2.45, 2.75) is 71.7 Å². The van der Waals surface area contributed by atoms with Gasteiger partial charge in [0.25, 0.3) is 0 Å². The third-order valence-electron chi connectivity index (χ3n) is 2.65. The largest absolute Gasteiger partial charge is 0.392 e. The van der Waals surface area contributed by atoms with E-state index in [4.69, 9.17) is 0 Å². The molecule has 0 radical (unpaired) electrons. The molecule has 0 saturated heterocycles. The van der Waals surface area contributed by atoms with Crippen molar-refractivity contribution in [3.05, 3.63) is 0 Å². The minimum Gasteiger partial charge on any atom is -0.392 e. The van der Waals surface area contributed by atoms with E-state index in [9.17, 15) is 18.3 Å². The zero-order chi connectivity index (χ0) is 14.4. The molecule has 0 amide bonds. The average Bonchev–Trinajstić information content (AvgIpc) is 2.09. The number of hydrogen-bond donors (Lipinski definition) is 2. The molecule has 110 valence electrons. The molecular formula is C13H26F3NO. The Morgan fingerprint density at radius 2 is 1.72 bits per heavy atom. The van der Waals surface area contributed by atoms with Gasteiger partial charge in [0.1, 0.15) is 0 Å². The summed E-state index contributed by atoms with van der Waals surface area (Å²) in [5.74, 6) is 0. The molecule has 0 aromatic rings. The van der Waals surface area contributed by atoms with E-state index in [1.807, 2.05) is 27.7 Å². The van der Waals surface area contributed by atoms with Crippen molar-refractivity contribution in [1.82, 2.24) is 5.32 Å². The van der Waals surface area contributed by atoms with Gasteiger partial charge in [-0.3, -0.25) is 0 Å². The Balaban J connectivity index is 3.67. The van der Waals surface area contributed by atoms with Crippen LogP contribution >= 0.6 is 0 Å². The van der Waals surface area contributed by atoms with Crippen LogP contribution in [0.3, 0.4) is 0 Å². The van der Waals surface area contributed by atoms with E-state index < -0.39 is 18.7 Å². The van der Waals surface area contributed by atoms with Crippen LogP contribution in [0.15, 0.2) is 0 Å². The second kappa shape index (κ2) is 7.34. The Bertz CT molecular complexity index is 223. The molecule has 0 aromatic carbocycles. The first kappa shape index (κ1) is 17.7. The van der Waals surface area contributed by atoms with E-state index in [1.165, 1.54) is 0 Å². The molecule has 2 atom stereocenters. The molecule has 0 aliphatic rings. The maximum Gasteiger partial charge on any atom is 0.389 e. The van der Waals surface area contributed by atoms with Crippen LogP contribution in [0, 0.1) is 5.41 Å². The number of hydrogen-bond acceptors (Lipinski definition) is 2. The van der Waals surface area contributed by atoms with Gasteiger partial charge < -0.3 is 10.4 Å². The molecule has 0 rings (SSSR count). The first-order chi connectivity index (χ1) is 7.99. The van der Waals surface area contributed by atoms with E-state index in [0.29, 0.717) is 19.4 Å². The molecule has 2 nitrogen and oxygen atoms in total. The summed E-state index contributed by atoms with van der Waals surface area (Å²) in [6, 6.07) is 0.00182. The van der Waals surface area contributed by atoms with Crippen molar-refractivity contribution in [2.75, 3.05) is 6.54 Å². The van der Waals surface area contributed by atoms with Gasteiger partial charge in [0.05, 0.1) is 6.10 Å². The molecule has 0 fully saturated rings. The lowest BCUT2D eigenvalue weighted by Gasteiger charge is -2.24. The topological polar surface area (TPSA) is 32.3 Å². The van der Waals surface area contributed by atoms with Crippen LogP contribution in [0.5, 0.6) is 0 Å². The van der Waals surface area contributed by atoms with E-state index in [-0.39, 0.29) is 17.9 Å². The van der Waals surface area contributed by atoms with Gasteiger partial charge in [-0.1, -0.05) is 20.8 Å². The average molecular weight is 269 g/mol. The van der Waals surface area contributed by atoms with Crippen LogP contribution < -0.4 is 5.32 Å². The summed E-state index contributed by atoms with van der Waals surface area (Å²) in [5, 5.41) is 12.8. The number of nitrogens with one attached hydrogen (secondary N) is 1. The minimum absolute atomic E-state index is 0.00182. The Kier molecular flexibility index (Phi) is 7.22. The Labute approximate surface area is 108 Å². The fraction of sp³-hybridized carbons (Fsp3) is 1.00. The lowest BCUT2D eigenvalue weighted by Crippen LogP contribution is -2.35. The number of aliphatic hydroxyl groups is 1. The Morgan fingerprint density at radius 3 is 2.17 bits per heavy atom. The van der Waals surface area contributed by atoms with Crippen LogP contribution in [0.2, 0.25) is 0 Å². The van der Waals surface area contributed by atoms with Crippen molar-refractivity contribution in [3.63, 3.8) is 0 Å². The molecule has 0 aliphatic carbocycles. The maximum atomic E-state index is 11.9. The molecule has 0 heterocycles. The standard InChI is InChI=1S/C13H26F3NO/c1-10(6-5-7-13(14,15)16)17-9-11(18)8-12(2,3)4/h10-11,17-18H,5-9H2,1-4H3. The number of aliphatic hydroxyl groups excluding tert-OH is 1. The molecule has 0 aliphatic heterocycles. The van der Waals surface area contributed by atoms with Crippen molar-refractivity contribution in [3.8, 4) is 0 Å². The zero-order valence-corrected chi connectivity index (χ0v) is 11.8. The summed E-state index contributed by atoms with van der Waals surface area (Å²) >= 11 is 0. The monoisotopic (exact) mass is 269 g/mol.